The Morgan fingerprint density at radius 2 is 1.79 bits per heavy atom. The smallest absolute Gasteiger partial charge is 0.237 e. The lowest BCUT2D eigenvalue weighted by atomic mass is 10.0. The number of piperidine rings is 1. The van der Waals surface area contributed by atoms with Crippen molar-refractivity contribution in [2.45, 2.75) is 57.9 Å². The number of carbonyl (C=O) groups excluding carboxylic acids is 2. The Bertz CT molecular complexity index is 726. The molecule has 2 rings (SSSR count). The summed E-state index contributed by atoms with van der Waals surface area (Å²) in [6, 6.07) is 9.94. The van der Waals surface area contributed by atoms with Gasteiger partial charge in [0.15, 0.2) is 9.84 Å². The lowest BCUT2D eigenvalue weighted by molar-refractivity contribution is -0.129. The first-order valence-electron chi connectivity index (χ1n) is 10.2. The summed E-state index contributed by atoms with van der Waals surface area (Å²) >= 11 is 0. The Morgan fingerprint density at radius 1 is 1.11 bits per heavy atom. The van der Waals surface area contributed by atoms with E-state index in [2.05, 4.69) is 5.32 Å². The molecule has 1 aliphatic rings. The van der Waals surface area contributed by atoms with E-state index in [-0.39, 0.29) is 23.6 Å². The zero-order valence-electron chi connectivity index (χ0n) is 16.7. The number of benzene rings is 1. The number of likely N-dealkylation sites (tertiary alicyclic amines) is 1. The molecular weight excluding hydrogens is 376 g/mol. The molecule has 0 unspecified atom stereocenters. The Balaban J connectivity index is 1.68. The van der Waals surface area contributed by atoms with Crippen molar-refractivity contribution in [2.75, 3.05) is 24.6 Å². The highest BCUT2D eigenvalue weighted by molar-refractivity contribution is 7.92. The predicted octanol–water partition coefficient (Wildman–Crippen LogP) is 2.33. The number of nitrogens with one attached hydrogen (secondary N) is 1. The van der Waals surface area contributed by atoms with Crippen LogP contribution in [-0.2, 0) is 25.8 Å². The average molecular weight is 409 g/mol. The third-order valence-electron chi connectivity index (χ3n) is 5.10. The number of hydrogen-bond donors (Lipinski definition) is 1. The van der Waals surface area contributed by atoms with Crippen molar-refractivity contribution in [2.24, 2.45) is 0 Å². The number of unbranched alkanes of at least 4 members (excludes halogenated alkanes) is 2. The van der Waals surface area contributed by atoms with Crippen LogP contribution in [0.1, 0.15) is 51.0 Å². The number of hydrogen-bond acceptors (Lipinski definition) is 4. The maximum Gasteiger partial charge on any atom is 0.237 e. The lowest BCUT2D eigenvalue weighted by Crippen LogP contribution is -2.48. The van der Waals surface area contributed by atoms with Crippen molar-refractivity contribution in [3.8, 4) is 0 Å². The molecule has 0 atom stereocenters. The first-order valence-corrected chi connectivity index (χ1v) is 12.0. The van der Waals surface area contributed by atoms with Gasteiger partial charge in [-0.1, -0.05) is 50.1 Å². The summed E-state index contributed by atoms with van der Waals surface area (Å²) in [5.74, 6) is -0.608. The van der Waals surface area contributed by atoms with Gasteiger partial charge in [0.2, 0.25) is 11.8 Å². The van der Waals surface area contributed by atoms with E-state index in [0.717, 1.165) is 18.4 Å². The SMILES string of the molecule is CCCCCS(=O)(=O)CC(=O)N1CCC(NC(=O)CCc2ccccc2)CC1. The Morgan fingerprint density at radius 3 is 2.43 bits per heavy atom. The van der Waals surface area contributed by atoms with Crippen LogP contribution in [0.5, 0.6) is 0 Å². The maximum atomic E-state index is 12.3. The van der Waals surface area contributed by atoms with Crippen LogP contribution in [0.4, 0.5) is 0 Å². The van der Waals surface area contributed by atoms with Crippen LogP contribution < -0.4 is 5.32 Å². The van der Waals surface area contributed by atoms with Crippen molar-refractivity contribution in [1.82, 2.24) is 10.2 Å². The molecule has 0 radical (unpaired) electrons. The van der Waals surface area contributed by atoms with Crippen LogP contribution in [0.15, 0.2) is 30.3 Å². The normalized spacial score (nSPS) is 15.4. The fourth-order valence-electron chi connectivity index (χ4n) is 3.40. The molecule has 156 valence electrons. The van der Waals surface area contributed by atoms with Crippen LogP contribution in [0, 0.1) is 0 Å². The summed E-state index contributed by atoms with van der Waals surface area (Å²) < 4.78 is 24.1. The Hall–Kier alpha value is -1.89. The van der Waals surface area contributed by atoms with Gasteiger partial charge in [-0.25, -0.2) is 8.42 Å². The minimum Gasteiger partial charge on any atom is -0.353 e. The quantitative estimate of drug-likeness (QED) is 0.602. The lowest BCUT2D eigenvalue weighted by Gasteiger charge is -2.32. The van der Waals surface area contributed by atoms with E-state index in [1.807, 2.05) is 37.3 Å². The molecule has 7 heteroatoms. The molecule has 2 amide bonds. The van der Waals surface area contributed by atoms with E-state index in [9.17, 15) is 18.0 Å². The highest BCUT2D eigenvalue weighted by Gasteiger charge is 2.26. The van der Waals surface area contributed by atoms with Crippen molar-refractivity contribution >= 4 is 21.7 Å². The van der Waals surface area contributed by atoms with Gasteiger partial charge < -0.3 is 10.2 Å². The van der Waals surface area contributed by atoms with E-state index in [1.165, 1.54) is 0 Å². The number of nitrogens with zero attached hydrogens (tertiary/aromatic N) is 1. The van der Waals surface area contributed by atoms with Gasteiger partial charge in [-0.05, 0) is 31.2 Å². The van der Waals surface area contributed by atoms with Crippen molar-refractivity contribution in [3.05, 3.63) is 35.9 Å². The molecule has 0 aromatic heterocycles. The summed E-state index contributed by atoms with van der Waals surface area (Å²) in [5.41, 5.74) is 1.14. The van der Waals surface area contributed by atoms with E-state index in [4.69, 9.17) is 0 Å². The van der Waals surface area contributed by atoms with Crippen LogP contribution in [0.2, 0.25) is 0 Å². The fourth-order valence-corrected chi connectivity index (χ4v) is 4.75. The molecule has 1 aromatic rings. The van der Waals surface area contributed by atoms with Gasteiger partial charge in [-0.15, -0.1) is 0 Å². The summed E-state index contributed by atoms with van der Waals surface area (Å²) in [6.07, 6.45) is 4.91. The third kappa shape index (κ3) is 8.00. The molecule has 0 saturated carbocycles. The second-order valence-electron chi connectivity index (χ2n) is 7.51. The molecule has 0 bridgehead atoms. The van der Waals surface area contributed by atoms with Crippen molar-refractivity contribution in [3.63, 3.8) is 0 Å². The fraction of sp³-hybridized carbons (Fsp3) is 0.619. The van der Waals surface area contributed by atoms with Gasteiger partial charge in [0, 0.05) is 25.6 Å². The minimum atomic E-state index is -3.33. The molecule has 6 nitrogen and oxygen atoms in total. The minimum absolute atomic E-state index is 0.0205. The first-order chi connectivity index (χ1) is 13.4. The topological polar surface area (TPSA) is 83.6 Å². The van der Waals surface area contributed by atoms with Crippen molar-refractivity contribution in [1.29, 1.82) is 0 Å². The van der Waals surface area contributed by atoms with E-state index >= 15 is 0 Å². The summed E-state index contributed by atoms with van der Waals surface area (Å²) in [6.45, 7) is 3.00. The predicted molar refractivity (Wildman–Crippen MR) is 111 cm³/mol. The Kier molecular flexibility index (Phi) is 8.96. The van der Waals surface area contributed by atoms with E-state index < -0.39 is 15.6 Å². The molecule has 28 heavy (non-hydrogen) atoms. The Labute approximate surface area is 168 Å². The van der Waals surface area contributed by atoms with Crippen LogP contribution in [-0.4, -0.2) is 55.8 Å². The number of aryl methyl sites for hydroxylation is 1. The number of sulfone groups is 1. The van der Waals surface area contributed by atoms with Crippen LogP contribution >= 0.6 is 0 Å². The van der Waals surface area contributed by atoms with E-state index in [1.54, 1.807) is 4.90 Å². The van der Waals surface area contributed by atoms with Gasteiger partial charge in [-0.3, -0.25) is 9.59 Å². The van der Waals surface area contributed by atoms with Gasteiger partial charge in [-0.2, -0.15) is 0 Å². The van der Waals surface area contributed by atoms with Crippen molar-refractivity contribution < 1.29 is 18.0 Å². The molecular formula is C21H32N2O4S. The number of rotatable bonds is 10. The second kappa shape index (κ2) is 11.2. The monoisotopic (exact) mass is 408 g/mol. The number of amides is 2. The summed E-state index contributed by atoms with van der Waals surface area (Å²) in [5, 5.41) is 3.04. The third-order valence-corrected chi connectivity index (χ3v) is 6.70. The van der Waals surface area contributed by atoms with Gasteiger partial charge in [0.05, 0.1) is 5.75 Å². The van der Waals surface area contributed by atoms with E-state index in [0.29, 0.717) is 45.2 Å². The highest BCUT2D eigenvalue weighted by atomic mass is 32.2. The van der Waals surface area contributed by atoms with Crippen LogP contribution in [0.25, 0.3) is 0 Å². The molecule has 1 fully saturated rings. The highest BCUT2D eigenvalue weighted by Crippen LogP contribution is 2.12. The molecule has 0 aliphatic carbocycles. The standard InChI is InChI=1S/C21H32N2O4S/c1-2-3-7-16-28(26,27)17-21(25)23-14-12-19(13-15-23)22-20(24)11-10-18-8-5-4-6-9-18/h4-6,8-9,19H,2-3,7,10-17H2,1H3,(H,22,24). The zero-order valence-corrected chi connectivity index (χ0v) is 17.5. The average Bonchev–Trinajstić information content (AvgIpc) is 2.67. The molecule has 1 N–H and O–H groups in total. The zero-order chi connectivity index (χ0) is 20.4. The van der Waals surface area contributed by atoms with Gasteiger partial charge in [0.1, 0.15) is 5.75 Å². The van der Waals surface area contributed by atoms with Gasteiger partial charge in [0.25, 0.3) is 0 Å². The largest absolute Gasteiger partial charge is 0.353 e. The molecule has 1 aromatic carbocycles. The molecule has 1 aliphatic heterocycles. The molecule has 1 heterocycles. The maximum absolute atomic E-state index is 12.3. The molecule has 1 saturated heterocycles. The summed E-state index contributed by atoms with van der Waals surface area (Å²) in [7, 11) is -3.33. The summed E-state index contributed by atoms with van der Waals surface area (Å²) in [4.78, 5) is 26.1. The number of carbonyl (C=O) groups is 2. The van der Waals surface area contributed by atoms with Gasteiger partial charge >= 0.3 is 0 Å². The molecule has 0 spiro atoms. The van der Waals surface area contributed by atoms with Crippen LogP contribution in [0.3, 0.4) is 0 Å². The second-order valence-corrected chi connectivity index (χ2v) is 9.69. The first kappa shape index (κ1) is 22.4.